The van der Waals surface area contributed by atoms with E-state index in [0.29, 0.717) is 36.1 Å². The third-order valence-corrected chi connectivity index (χ3v) is 3.84. The van der Waals surface area contributed by atoms with E-state index < -0.39 is 17.9 Å². The van der Waals surface area contributed by atoms with Gasteiger partial charge in [0.2, 0.25) is 0 Å². The number of carbonyl (C=O) groups excluding carboxylic acids is 2. The van der Waals surface area contributed by atoms with Crippen molar-refractivity contribution in [3.63, 3.8) is 0 Å². The van der Waals surface area contributed by atoms with Gasteiger partial charge in [-0.25, -0.2) is 4.79 Å². The van der Waals surface area contributed by atoms with Crippen LogP contribution in [0.5, 0.6) is 0 Å². The molecule has 1 aromatic heterocycles. The van der Waals surface area contributed by atoms with Gasteiger partial charge in [0, 0.05) is 17.7 Å². The first kappa shape index (κ1) is 15.3. The van der Waals surface area contributed by atoms with Crippen LogP contribution in [0, 0.1) is 6.92 Å². The molecule has 0 radical (unpaired) electrons. The fourth-order valence-electron chi connectivity index (χ4n) is 2.78. The number of carboxylic acids is 1. The molecular formula is C15H20N2O4. The van der Waals surface area contributed by atoms with E-state index in [0.717, 1.165) is 18.5 Å². The van der Waals surface area contributed by atoms with E-state index in [1.54, 1.807) is 6.92 Å². The summed E-state index contributed by atoms with van der Waals surface area (Å²) < 4.78 is 0. The minimum Gasteiger partial charge on any atom is -0.480 e. The first-order valence-electron chi connectivity index (χ1n) is 7.24. The lowest BCUT2D eigenvalue weighted by Gasteiger charge is -2.13. The summed E-state index contributed by atoms with van der Waals surface area (Å²) >= 11 is 0. The monoisotopic (exact) mass is 292 g/mol. The highest BCUT2D eigenvalue weighted by atomic mass is 16.4. The quantitative estimate of drug-likeness (QED) is 0.770. The molecule has 1 unspecified atom stereocenters. The van der Waals surface area contributed by atoms with Gasteiger partial charge in [0.15, 0.2) is 5.78 Å². The number of ketones is 1. The number of nitrogens with one attached hydrogen (secondary N) is 2. The van der Waals surface area contributed by atoms with Crippen LogP contribution in [0.2, 0.25) is 0 Å². The molecule has 2 rings (SSSR count). The van der Waals surface area contributed by atoms with Crippen LogP contribution < -0.4 is 5.32 Å². The maximum absolute atomic E-state index is 12.3. The molecule has 0 saturated carbocycles. The summed E-state index contributed by atoms with van der Waals surface area (Å²) in [6, 6.07) is -0.905. The van der Waals surface area contributed by atoms with Gasteiger partial charge in [0.1, 0.15) is 11.7 Å². The summed E-state index contributed by atoms with van der Waals surface area (Å²) in [4.78, 5) is 38.3. The van der Waals surface area contributed by atoms with Crippen LogP contribution in [-0.4, -0.2) is 33.8 Å². The second kappa shape index (κ2) is 6.11. The van der Waals surface area contributed by atoms with Crippen molar-refractivity contribution in [2.75, 3.05) is 0 Å². The van der Waals surface area contributed by atoms with E-state index in [1.165, 1.54) is 0 Å². The minimum atomic E-state index is -1.05. The highest BCUT2D eigenvalue weighted by Gasteiger charge is 2.28. The lowest BCUT2D eigenvalue weighted by atomic mass is 9.94. The van der Waals surface area contributed by atoms with Crippen molar-refractivity contribution in [2.45, 2.75) is 52.0 Å². The van der Waals surface area contributed by atoms with Crippen LogP contribution in [0.3, 0.4) is 0 Å². The molecule has 1 heterocycles. The number of Topliss-reactive ketones (excluding diaryl/α,β-unsaturated/α-hetero) is 1. The Morgan fingerprint density at radius 1 is 1.38 bits per heavy atom. The predicted molar refractivity (Wildman–Crippen MR) is 76.6 cm³/mol. The lowest BCUT2D eigenvalue weighted by molar-refractivity contribution is -0.139. The Bertz CT molecular complexity index is 589. The molecule has 0 aromatic carbocycles. The smallest absolute Gasteiger partial charge is 0.326 e. The van der Waals surface area contributed by atoms with Crippen LogP contribution in [0.1, 0.15) is 64.7 Å². The highest BCUT2D eigenvalue weighted by molar-refractivity contribution is 6.04. The van der Waals surface area contributed by atoms with E-state index in [4.69, 9.17) is 5.11 Å². The topological polar surface area (TPSA) is 99.3 Å². The highest BCUT2D eigenvalue weighted by Crippen LogP contribution is 2.26. The molecule has 114 valence electrons. The van der Waals surface area contributed by atoms with Crippen molar-refractivity contribution in [3.8, 4) is 0 Å². The molecule has 1 aliphatic rings. The number of amides is 1. The number of aromatic nitrogens is 1. The fraction of sp³-hybridized carbons (Fsp3) is 0.533. The summed E-state index contributed by atoms with van der Waals surface area (Å²) in [5, 5.41) is 11.6. The normalized spacial score (nSPS) is 15.4. The fourth-order valence-corrected chi connectivity index (χ4v) is 2.78. The number of carbonyl (C=O) groups is 3. The first-order valence-corrected chi connectivity index (χ1v) is 7.24. The van der Waals surface area contributed by atoms with Gasteiger partial charge in [-0.15, -0.1) is 0 Å². The Morgan fingerprint density at radius 2 is 2.10 bits per heavy atom. The molecule has 6 nitrogen and oxygen atoms in total. The zero-order chi connectivity index (χ0) is 15.6. The Morgan fingerprint density at radius 3 is 2.67 bits per heavy atom. The number of carboxylic acid groups (broad SMARTS) is 1. The Hall–Kier alpha value is -2.11. The average molecular weight is 292 g/mol. The van der Waals surface area contributed by atoms with Crippen LogP contribution in [0.15, 0.2) is 0 Å². The molecular weight excluding hydrogens is 272 g/mol. The number of aliphatic carboxylic acids is 1. The number of fused-ring (bicyclic) bond motifs is 1. The molecule has 1 amide bonds. The largest absolute Gasteiger partial charge is 0.480 e. The predicted octanol–water partition coefficient (Wildman–Crippen LogP) is 1.83. The first-order chi connectivity index (χ1) is 9.95. The van der Waals surface area contributed by atoms with E-state index in [2.05, 4.69) is 10.3 Å². The van der Waals surface area contributed by atoms with Crippen LogP contribution in [-0.2, 0) is 11.2 Å². The summed E-state index contributed by atoms with van der Waals surface area (Å²) in [7, 11) is 0. The van der Waals surface area contributed by atoms with Crippen molar-refractivity contribution < 1.29 is 19.5 Å². The molecule has 1 aliphatic carbocycles. The lowest BCUT2D eigenvalue weighted by Crippen LogP contribution is -2.41. The third kappa shape index (κ3) is 2.99. The number of rotatable bonds is 5. The van der Waals surface area contributed by atoms with E-state index in [9.17, 15) is 14.4 Å². The summed E-state index contributed by atoms with van der Waals surface area (Å²) in [5.41, 5.74) is 2.32. The van der Waals surface area contributed by atoms with E-state index >= 15 is 0 Å². The minimum absolute atomic E-state index is 0.0485. The molecule has 1 atom stereocenters. The Labute approximate surface area is 122 Å². The second-order valence-corrected chi connectivity index (χ2v) is 5.41. The molecule has 21 heavy (non-hydrogen) atoms. The molecule has 0 spiro atoms. The maximum atomic E-state index is 12.3. The standard InChI is InChI=1S/C15H20N2O4/c1-3-5-10(15(20)21)17-14(19)13-8(2)12-9(16-13)6-4-7-11(12)18/h10,16H,3-7H2,1-2H3,(H,17,19)(H,20,21). The number of H-pyrrole nitrogens is 1. The van der Waals surface area contributed by atoms with Gasteiger partial charge in [0.25, 0.3) is 5.91 Å². The second-order valence-electron chi connectivity index (χ2n) is 5.41. The Balaban J connectivity index is 2.24. The molecule has 6 heteroatoms. The van der Waals surface area contributed by atoms with Gasteiger partial charge >= 0.3 is 5.97 Å². The van der Waals surface area contributed by atoms with Crippen molar-refractivity contribution in [1.29, 1.82) is 0 Å². The van der Waals surface area contributed by atoms with Gasteiger partial charge in [-0.3, -0.25) is 9.59 Å². The van der Waals surface area contributed by atoms with Crippen LogP contribution in [0.4, 0.5) is 0 Å². The summed E-state index contributed by atoms with van der Waals surface area (Å²) in [5.74, 6) is -1.46. The third-order valence-electron chi connectivity index (χ3n) is 3.84. The molecule has 3 N–H and O–H groups in total. The van der Waals surface area contributed by atoms with Crippen molar-refractivity contribution in [3.05, 3.63) is 22.5 Å². The summed E-state index contributed by atoms with van der Waals surface area (Å²) in [6.07, 6.45) is 3.06. The van der Waals surface area contributed by atoms with Crippen LogP contribution >= 0.6 is 0 Å². The van der Waals surface area contributed by atoms with E-state index in [1.807, 2.05) is 6.92 Å². The van der Waals surface area contributed by atoms with Gasteiger partial charge < -0.3 is 15.4 Å². The molecule has 0 aliphatic heterocycles. The number of hydrogen-bond donors (Lipinski definition) is 3. The van der Waals surface area contributed by atoms with E-state index in [-0.39, 0.29) is 5.78 Å². The van der Waals surface area contributed by atoms with Gasteiger partial charge in [-0.1, -0.05) is 13.3 Å². The van der Waals surface area contributed by atoms with Crippen LogP contribution in [0.25, 0.3) is 0 Å². The summed E-state index contributed by atoms with van der Waals surface area (Å²) in [6.45, 7) is 3.59. The SMILES string of the molecule is CCCC(NC(=O)c1[nH]c2c(c1C)C(=O)CCC2)C(=O)O. The zero-order valence-electron chi connectivity index (χ0n) is 12.3. The van der Waals surface area contributed by atoms with Crippen molar-refractivity contribution in [2.24, 2.45) is 0 Å². The average Bonchev–Trinajstić information content (AvgIpc) is 2.77. The molecule has 0 saturated heterocycles. The molecule has 0 bridgehead atoms. The zero-order valence-corrected chi connectivity index (χ0v) is 12.3. The Kier molecular flexibility index (Phi) is 4.45. The van der Waals surface area contributed by atoms with Crippen molar-refractivity contribution >= 4 is 17.7 Å². The van der Waals surface area contributed by atoms with Crippen molar-refractivity contribution in [1.82, 2.24) is 10.3 Å². The van der Waals surface area contributed by atoms with Gasteiger partial charge in [-0.2, -0.15) is 0 Å². The number of hydrogen-bond acceptors (Lipinski definition) is 3. The molecule has 0 fully saturated rings. The van der Waals surface area contributed by atoms with Gasteiger partial charge in [0.05, 0.1) is 0 Å². The number of aryl methyl sites for hydroxylation is 1. The number of aromatic amines is 1. The van der Waals surface area contributed by atoms with Gasteiger partial charge in [-0.05, 0) is 31.7 Å². The molecule has 1 aromatic rings. The maximum Gasteiger partial charge on any atom is 0.326 e.